The van der Waals surface area contributed by atoms with Crippen LogP contribution < -0.4 is 0 Å². The molecule has 0 heterocycles. The maximum Gasteiger partial charge on any atom is 0.195 e. The topological polar surface area (TPSA) is 54.4 Å². The fraction of sp³-hybridized carbons (Fsp3) is 0.714. The third kappa shape index (κ3) is 5.44. The molecule has 58 valence electrons. The summed E-state index contributed by atoms with van der Waals surface area (Å²) in [5.74, 6) is -0.349. The Balaban J connectivity index is 3.03. The van der Waals surface area contributed by atoms with Gasteiger partial charge in [-0.2, -0.15) is 0 Å². The van der Waals surface area contributed by atoms with E-state index in [9.17, 15) is 9.59 Å². The molecule has 0 aromatic rings. The second-order valence-electron chi connectivity index (χ2n) is 2.12. The average molecular weight is 144 g/mol. The van der Waals surface area contributed by atoms with Crippen LogP contribution in [0.15, 0.2) is 0 Å². The van der Waals surface area contributed by atoms with Crippen molar-refractivity contribution in [1.82, 2.24) is 0 Å². The number of aliphatic hydroxyl groups is 1. The van der Waals surface area contributed by atoms with Gasteiger partial charge in [-0.3, -0.25) is 9.59 Å². The van der Waals surface area contributed by atoms with E-state index in [1.807, 2.05) is 0 Å². The molecule has 0 saturated carbocycles. The smallest absolute Gasteiger partial charge is 0.195 e. The maximum atomic E-state index is 10.3. The van der Waals surface area contributed by atoms with Crippen molar-refractivity contribution in [3.63, 3.8) is 0 Å². The molecule has 0 spiro atoms. The van der Waals surface area contributed by atoms with E-state index in [-0.39, 0.29) is 12.4 Å². The minimum atomic E-state index is -0.349. The van der Waals surface area contributed by atoms with E-state index in [1.165, 1.54) is 0 Å². The Morgan fingerprint density at radius 1 is 1.30 bits per heavy atom. The minimum Gasteiger partial charge on any atom is -0.396 e. The van der Waals surface area contributed by atoms with Gasteiger partial charge in [0.1, 0.15) is 0 Å². The number of carbonyl (C=O) groups excluding carboxylic acids is 2. The van der Waals surface area contributed by atoms with Crippen LogP contribution in [0.5, 0.6) is 0 Å². The van der Waals surface area contributed by atoms with Gasteiger partial charge < -0.3 is 5.11 Å². The highest BCUT2D eigenvalue weighted by atomic mass is 16.2. The van der Waals surface area contributed by atoms with Gasteiger partial charge in [0.2, 0.25) is 0 Å². The quantitative estimate of drug-likeness (QED) is 0.331. The normalized spacial score (nSPS) is 9.30. The lowest BCUT2D eigenvalue weighted by atomic mass is 10.1. The monoisotopic (exact) mass is 144 g/mol. The molecule has 0 aliphatic heterocycles. The lowest BCUT2D eigenvalue weighted by Crippen LogP contribution is -1.97. The summed E-state index contributed by atoms with van der Waals surface area (Å²) in [5, 5.41) is 8.33. The Morgan fingerprint density at radius 2 is 2.00 bits per heavy atom. The first-order valence-electron chi connectivity index (χ1n) is 3.40. The van der Waals surface area contributed by atoms with Gasteiger partial charge in [0.25, 0.3) is 0 Å². The summed E-state index contributed by atoms with van der Waals surface area (Å²) in [6.45, 7) is 0.162. The van der Waals surface area contributed by atoms with Crippen molar-refractivity contribution >= 4 is 12.1 Å². The first-order valence-corrected chi connectivity index (χ1v) is 3.40. The van der Waals surface area contributed by atoms with Crippen LogP contribution in [0.2, 0.25) is 0 Å². The fourth-order valence-electron chi connectivity index (χ4n) is 0.647. The summed E-state index contributed by atoms with van der Waals surface area (Å²) in [7, 11) is 0. The highest BCUT2D eigenvalue weighted by Crippen LogP contribution is 1.98. The highest BCUT2D eigenvalue weighted by Gasteiger charge is 1.96. The average Bonchev–Trinajstić information content (AvgIpc) is 1.98. The molecular weight excluding hydrogens is 132 g/mol. The Labute approximate surface area is 60.0 Å². The summed E-state index contributed by atoms with van der Waals surface area (Å²) in [4.78, 5) is 20.1. The van der Waals surface area contributed by atoms with Crippen molar-refractivity contribution in [1.29, 1.82) is 0 Å². The van der Waals surface area contributed by atoms with Crippen molar-refractivity contribution < 1.29 is 14.7 Å². The van der Waals surface area contributed by atoms with Gasteiger partial charge in [0, 0.05) is 13.0 Å². The zero-order chi connectivity index (χ0) is 7.82. The van der Waals surface area contributed by atoms with Gasteiger partial charge in [0.05, 0.1) is 0 Å². The van der Waals surface area contributed by atoms with Crippen LogP contribution in [-0.2, 0) is 9.59 Å². The van der Waals surface area contributed by atoms with E-state index in [1.54, 1.807) is 0 Å². The molecule has 0 saturated heterocycles. The molecule has 0 radical (unpaired) electrons. The van der Waals surface area contributed by atoms with Crippen LogP contribution >= 0.6 is 0 Å². The molecular formula is C7H12O3. The van der Waals surface area contributed by atoms with Crippen LogP contribution in [0.3, 0.4) is 0 Å². The van der Waals surface area contributed by atoms with Crippen molar-refractivity contribution in [3.05, 3.63) is 0 Å². The first kappa shape index (κ1) is 9.30. The zero-order valence-electron chi connectivity index (χ0n) is 5.88. The number of carbonyl (C=O) groups is 2. The van der Waals surface area contributed by atoms with Crippen LogP contribution in [0.1, 0.15) is 25.7 Å². The number of hydrogen-bond acceptors (Lipinski definition) is 3. The van der Waals surface area contributed by atoms with Crippen LogP contribution in [-0.4, -0.2) is 23.8 Å². The molecule has 0 unspecified atom stereocenters. The number of rotatable bonds is 6. The van der Waals surface area contributed by atoms with E-state index < -0.39 is 0 Å². The largest absolute Gasteiger partial charge is 0.396 e. The van der Waals surface area contributed by atoms with Crippen molar-refractivity contribution in [3.8, 4) is 0 Å². The number of ketones is 1. The SMILES string of the molecule is O=CC(=O)CCCCCO. The lowest BCUT2D eigenvalue weighted by Gasteiger charge is -1.92. The predicted octanol–water partition coefficient (Wildman–Crippen LogP) is 0.307. The molecule has 0 fully saturated rings. The molecule has 0 bridgehead atoms. The summed E-state index contributed by atoms with van der Waals surface area (Å²) in [6.07, 6.45) is 2.91. The highest BCUT2D eigenvalue weighted by molar-refractivity contribution is 6.24. The molecule has 10 heavy (non-hydrogen) atoms. The van der Waals surface area contributed by atoms with E-state index in [0.29, 0.717) is 25.5 Å². The van der Waals surface area contributed by atoms with Crippen molar-refractivity contribution in [2.24, 2.45) is 0 Å². The van der Waals surface area contributed by atoms with Gasteiger partial charge in [-0.15, -0.1) is 0 Å². The molecule has 0 amide bonds. The molecule has 0 aromatic heterocycles. The molecule has 0 aliphatic carbocycles. The van der Waals surface area contributed by atoms with E-state index in [0.717, 1.165) is 6.42 Å². The van der Waals surface area contributed by atoms with E-state index in [4.69, 9.17) is 5.11 Å². The van der Waals surface area contributed by atoms with Crippen molar-refractivity contribution in [2.75, 3.05) is 6.61 Å². The second-order valence-corrected chi connectivity index (χ2v) is 2.12. The standard InChI is InChI=1S/C7H12O3/c8-5-3-1-2-4-7(10)6-9/h6,8H,1-5H2. The molecule has 0 aliphatic rings. The van der Waals surface area contributed by atoms with E-state index in [2.05, 4.69) is 0 Å². The van der Waals surface area contributed by atoms with Gasteiger partial charge >= 0.3 is 0 Å². The van der Waals surface area contributed by atoms with Crippen LogP contribution in [0.25, 0.3) is 0 Å². The fourth-order valence-corrected chi connectivity index (χ4v) is 0.647. The maximum absolute atomic E-state index is 10.3. The Morgan fingerprint density at radius 3 is 2.50 bits per heavy atom. The summed E-state index contributed by atoms with van der Waals surface area (Å²) >= 11 is 0. The lowest BCUT2D eigenvalue weighted by molar-refractivity contribution is -0.129. The second kappa shape index (κ2) is 6.42. The van der Waals surface area contributed by atoms with Crippen LogP contribution in [0.4, 0.5) is 0 Å². The van der Waals surface area contributed by atoms with Crippen molar-refractivity contribution in [2.45, 2.75) is 25.7 Å². The number of Topliss-reactive ketones (excluding diaryl/α,β-unsaturated/α-hetero) is 1. The number of unbranched alkanes of at least 4 members (excludes halogenated alkanes) is 2. The van der Waals surface area contributed by atoms with Gasteiger partial charge in [-0.05, 0) is 12.8 Å². The Bertz CT molecular complexity index is 109. The Kier molecular flexibility index (Phi) is 5.97. The van der Waals surface area contributed by atoms with Gasteiger partial charge in [-0.1, -0.05) is 6.42 Å². The summed E-state index contributed by atoms with van der Waals surface area (Å²) in [6, 6.07) is 0. The Hall–Kier alpha value is -0.700. The predicted molar refractivity (Wildman–Crippen MR) is 36.6 cm³/mol. The van der Waals surface area contributed by atoms with E-state index >= 15 is 0 Å². The van der Waals surface area contributed by atoms with Gasteiger partial charge in [-0.25, -0.2) is 0 Å². The molecule has 3 heteroatoms. The molecule has 3 nitrogen and oxygen atoms in total. The van der Waals surface area contributed by atoms with Crippen LogP contribution in [0, 0.1) is 0 Å². The summed E-state index contributed by atoms with van der Waals surface area (Å²) in [5.41, 5.74) is 0. The van der Waals surface area contributed by atoms with Gasteiger partial charge in [0.15, 0.2) is 12.1 Å². The number of aliphatic hydroxyl groups excluding tert-OH is 1. The zero-order valence-corrected chi connectivity index (χ0v) is 5.88. The number of aldehydes is 1. The molecule has 0 atom stereocenters. The third-order valence-corrected chi connectivity index (χ3v) is 1.21. The molecule has 0 rings (SSSR count). The third-order valence-electron chi connectivity index (χ3n) is 1.21. The molecule has 0 aromatic carbocycles. The first-order chi connectivity index (χ1) is 4.81. The summed E-state index contributed by atoms with van der Waals surface area (Å²) < 4.78 is 0. The molecule has 1 N–H and O–H groups in total. The minimum absolute atomic E-state index is 0.162. The number of hydrogen-bond donors (Lipinski definition) is 1.